The molecule has 0 amide bonds. The highest BCUT2D eigenvalue weighted by atomic mass is 16.5. The molecular weight excluding hydrogens is 745 g/mol. The maximum Gasteiger partial charge on any atom is 0.161 e. The van der Waals surface area contributed by atoms with E-state index in [2.05, 4.69) is 181 Å². The van der Waals surface area contributed by atoms with Crippen molar-refractivity contribution in [2.24, 2.45) is 0 Å². The van der Waals surface area contributed by atoms with Crippen molar-refractivity contribution in [2.75, 3.05) is 23.3 Å². The number of allylic oxidation sites excluding steroid dienone is 12. The minimum Gasteiger partial charge on any atom is -0.473 e. The zero-order valence-corrected chi connectivity index (χ0v) is 37.2. The first kappa shape index (κ1) is 45.1. The highest BCUT2D eigenvalue weighted by Crippen LogP contribution is 2.32. The van der Waals surface area contributed by atoms with E-state index in [1.807, 2.05) is 0 Å². The fourth-order valence-corrected chi connectivity index (χ4v) is 7.88. The van der Waals surface area contributed by atoms with E-state index in [4.69, 9.17) is 9.47 Å². The molecule has 0 atom stereocenters. The summed E-state index contributed by atoms with van der Waals surface area (Å²) >= 11 is 0. The minimum absolute atomic E-state index is 0.576. The molecule has 0 aromatic heterocycles. The van der Waals surface area contributed by atoms with Crippen LogP contribution in [0.5, 0.6) is 11.5 Å². The Morgan fingerprint density at radius 1 is 0.426 bits per heavy atom. The molecule has 2 aliphatic heterocycles. The van der Waals surface area contributed by atoms with Crippen molar-refractivity contribution in [3.8, 4) is 11.5 Å². The third kappa shape index (κ3) is 15.5. The summed E-state index contributed by atoms with van der Waals surface area (Å²) in [5.41, 5.74) is 10.3. The van der Waals surface area contributed by atoms with Crippen LogP contribution in [0.2, 0.25) is 0 Å². The Morgan fingerprint density at radius 3 is 1.23 bits per heavy atom. The van der Waals surface area contributed by atoms with Crippen molar-refractivity contribution in [3.63, 3.8) is 0 Å². The van der Waals surface area contributed by atoms with Crippen molar-refractivity contribution >= 4 is 11.4 Å². The minimum atomic E-state index is 0.576. The third-order valence-corrected chi connectivity index (χ3v) is 11.5. The van der Waals surface area contributed by atoms with Gasteiger partial charge in [-0.3, -0.25) is 0 Å². The number of aryl methyl sites for hydroxylation is 2. The lowest BCUT2D eigenvalue weighted by atomic mass is 10.0. The van der Waals surface area contributed by atoms with Crippen molar-refractivity contribution in [1.82, 2.24) is 0 Å². The second-order valence-electron chi connectivity index (χ2n) is 16.6. The Kier molecular flexibility index (Phi) is 19.2. The molecule has 0 bridgehead atoms. The number of fused-ring (bicyclic) bond motifs is 2. The predicted molar refractivity (Wildman–Crippen MR) is 261 cm³/mol. The zero-order valence-electron chi connectivity index (χ0n) is 37.2. The molecule has 4 aromatic carbocycles. The number of hydrogen-bond acceptors (Lipinski definition) is 4. The molecule has 0 unspecified atom stereocenters. The number of unbranched alkanes of at least 4 members (excludes halogenated alkanes) is 8. The number of anilines is 2. The van der Waals surface area contributed by atoms with E-state index in [-0.39, 0.29) is 0 Å². The lowest BCUT2D eigenvalue weighted by molar-refractivity contribution is 0.289. The van der Waals surface area contributed by atoms with E-state index in [1.165, 1.54) is 96.1 Å². The van der Waals surface area contributed by atoms with Gasteiger partial charge < -0.3 is 19.3 Å². The van der Waals surface area contributed by atoms with Gasteiger partial charge in [-0.15, -0.1) is 0 Å². The smallest absolute Gasteiger partial charge is 0.161 e. The highest BCUT2D eigenvalue weighted by molar-refractivity contribution is 5.54. The second kappa shape index (κ2) is 26.0. The molecule has 0 radical (unpaired) electrons. The number of benzene rings is 4. The van der Waals surface area contributed by atoms with E-state index in [0.29, 0.717) is 13.5 Å². The van der Waals surface area contributed by atoms with Gasteiger partial charge in [0.1, 0.15) is 11.5 Å². The molecule has 0 N–H and O–H groups in total. The number of ether oxygens (including phenoxy) is 2. The molecule has 4 nitrogen and oxygen atoms in total. The Bertz CT molecular complexity index is 1920. The van der Waals surface area contributed by atoms with Crippen LogP contribution in [0, 0.1) is 0 Å². The number of nitrogens with zero attached hydrogens (tertiary/aromatic N) is 2. The summed E-state index contributed by atoms with van der Waals surface area (Å²) in [6.07, 6.45) is 43.6. The maximum absolute atomic E-state index is 6.29. The molecule has 0 spiro atoms. The SMILES string of the molecule is CCC/C=C/C=C/C=C/CCCCCc1ccc2c(c1)OCN(c1ccc(Cc3ccc(N4COc5cc(CCCCC/C=C/C=C/C=C/CCC)ccc5C4)cc3)cc1)C2. The Hall–Kier alpha value is -5.48. The van der Waals surface area contributed by atoms with Gasteiger partial charge in [-0.05, 0) is 129 Å². The van der Waals surface area contributed by atoms with Crippen molar-refractivity contribution in [3.05, 3.63) is 191 Å². The summed E-state index contributed by atoms with van der Waals surface area (Å²) in [4.78, 5) is 4.64. The molecule has 2 aliphatic rings. The molecule has 0 saturated carbocycles. The molecule has 320 valence electrons. The highest BCUT2D eigenvalue weighted by Gasteiger charge is 2.20. The molecule has 6 rings (SSSR count). The predicted octanol–water partition coefficient (Wildman–Crippen LogP) is 15.1. The summed E-state index contributed by atoms with van der Waals surface area (Å²) in [5, 5.41) is 0. The number of rotatable bonds is 24. The Labute approximate surface area is 368 Å². The van der Waals surface area contributed by atoms with Gasteiger partial charge in [0, 0.05) is 35.6 Å². The first-order valence-corrected chi connectivity index (χ1v) is 23.3. The largest absolute Gasteiger partial charge is 0.473 e. The van der Waals surface area contributed by atoms with Crippen LogP contribution in [0.1, 0.15) is 124 Å². The van der Waals surface area contributed by atoms with Crippen molar-refractivity contribution in [2.45, 2.75) is 123 Å². The van der Waals surface area contributed by atoms with Gasteiger partial charge in [0.05, 0.1) is 0 Å². The van der Waals surface area contributed by atoms with E-state index >= 15 is 0 Å². The Morgan fingerprint density at radius 2 is 0.820 bits per heavy atom. The van der Waals surface area contributed by atoms with Crippen LogP contribution in [0.3, 0.4) is 0 Å². The van der Waals surface area contributed by atoms with Gasteiger partial charge in [-0.2, -0.15) is 0 Å². The van der Waals surface area contributed by atoms with Crippen LogP contribution in [-0.4, -0.2) is 13.5 Å². The van der Waals surface area contributed by atoms with Gasteiger partial charge in [0.15, 0.2) is 13.5 Å². The van der Waals surface area contributed by atoms with Gasteiger partial charge >= 0.3 is 0 Å². The van der Waals surface area contributed by atoms with Crippen LogP contribution in [-0.2, 0) is 32.4 Å². The fraction of sp³-hybridized carbons (Fsp3) is 0.368. The molecule has 0 aliphatic carbocycles. The monoisotopic (exact) mass is 815 g/mol. The molecule has 4 heteroatoms. The second-order valence-corrected chi connectivity index (χ2v) is 16.6. The van der Waals surface area contributed by atoms with Crippen LogP contribution in [0.25, 0.3) is 0 Å². The fourth-order valence-electron chi connectivity index (χ4n) is 7.88. The van der Waals surface area contributed by atoms with Crippen LogP contribution in [0.15, 0.2) is 158 Å². The van der Waals surface area contributed by atoms with Gasteiger partial charge in [0.2, 0.25) is 0 Å². The molecular formula is C57H70N2O2. The Balaban J connectivity index is 0.877. The van der Waals surface area contributed by atoms with Crippen LogP contribution in [0.4, 0.5) is 11.4 Å². The first-order chi connectivity index (χ1) is 30.2. The topological polar surface area (TPSA) is 24.9 Å². The van der Waals surface area contributed by atoms with E-state index in [1.54, 1.807) is 0 Å². The molecule has 4 aromatic rings. The molecule has 2 heterocycles. The van der Waals surface area contributed by atoms with Gasteiger partial charge in [-0.25, -0.2) is 0 Å². The summed E-state index contributed by atoms with van der Waals surface area (Å²) in [6.45, 7) is 7.30. The van der Waals surface area contributed by atoms with E-state index in [0.717, 1.165) is 69.5 Å². The normalized spacial score (nSPS) is 14.3. The lowest BCUT2D eigenvalue weighted by Gasteiger charge is -2.31. The quantitative estimate of drug-likeness (QED) is 0.0520. The van der Waals surface area contributed by atoms with Crippen LogP contribution >= 0.6 is 0 Å². The van der Waals surface area contributed by atoms with E-state index < -0.39 is 0 Å². The first-order valence-electron chi connectivity index (χ1n) is 23.3. The van der Waals surface area contributed by atoms with Crippen LogP contribution < -0.4 is 19.3 Å². The third-order valence-electron chi connectivity index (χ3n) is 11.5. The number of hydrogen-bond donors (Lipinski definition) is 0. The summed E-state index contributed by atoms with van der Waals surface area (Å²) in [6, 6.07) is 31.6. The van der Waals surface area contributed by atoms with Gasteiger partial charge in [0.25, 0.3) is 0 Å². The van der Waals surface area contributed by atoms with Gasteiger partial charge in [-0.1, -0.05) is 161 Å². The van der Waals surface area contributed by atoms with Crippen molar-refractivity contribution in [1.29, 1.82) is 0 Å². The molecule has 61 heavy (non-hydrogen) atoms. The molecule has 0 saturated heterocycles. The van der Waals surface area contributed by atoms with E-state index in [9.17, 15) is 0 Å². The zero-order chi connectivity index (χ0) is 42.2. The average Bonchev–Trinajstić information content (AvgIpc) is 3.30. The average molecular weight is 815 g/mol. The molecule has 0 fully saturated rings. The summed E-state index contributed by atoms with van der Waals surface area (Å²) in [7, 11) is 0. The maximum atomic E-state index is 6.29. The summed E-state index contributed by atoms with van der Waals surface area (Å²) < 4.78 is 12.6. The lowest BCUT2D eigenvalue weighted by Crippen LogP contribution is -2.31. The standard InChI is InChI=1S/C57H70N2O2/c1-3-5-7-9-11-13-15-17-19-21-23-25-27-48-29-35-52-44-58(46-60-56(52)42-48)54-37-31-50(32-38-54)41-51-33-39-55(40-34-51)59-45-53-36-30-49(43-57(53)61-47-59)28-26-24-22-20-18-16-14-12-10-8-6-4-2/h7-18,29-40,42-43H,3-6,19-28,41,44-47H2,1-2H3/b9-7+,10-8+,13-11+,14-12+,17-15+,18-16+. The van der Waals surface area contributed by atoms with Crippen molar-refractivity contribution < 1.29 is 9.47 Å². The summed E-state index contributed by atoms with van der Waals surface area (Å²) in [5.74, 6) is 2.09.